The lowest BCUT2D eigenvalue weighted by Gasteiger charge is -2.22. The van der Waals surface area contributed by atoms with E-state index in [0.29, 0.717) is 0 Å². The maximum absolute atomic E-state index is 9.89. The van der Waals surface area contributed by atoms with Crippen molar-refractivity contribution in [2.24, 2.45) is 0 Å². The summed E-state index contributed by atoms with van der Waals surface area (Å²) in [7, 11) is 1.74. The van der Waals surface area contributed by atoms with Crippen molar-refractivity contribution in [3.05, 3.63) is 0 Å². The van der Waals surface area contributed by atoms with E-state index in [4.69, 9.17) is 4.74 Å². The molecule has 1 N–H and O–H groups in total. The van der Waals surface area contributed by atoms with E-state index in [1.54, 1.807) is 7.11 Å². The molecule has 0 radical (unpaired) electrons. The van der Waals surface area contributed by atoms with Crippen LogP contribution in [0.15, 0.2) is 0 Å². The molecule has 0 aliphatic carbocycles. The predicted octanol–water partition coefficient (Wildman–Crippen LogP) is 1.26. The second-order valence-corrected chi connectivity index (χ2v) is 4.54. The van der Waals surface area contributed by atoms with Gasteiger partial charge in [0, 0.05) is 26.8 Å². The molecule has 3 heteroatoms. The molecule has 1 aliphatic rings. The van der Waals surface area contributed by atoms with Gasteiger partial charge in [-0.15, -0.1) is 0 Å². The van der Waals surface area contributed by atoms with E-state index in [2.05, 4.69) is 4.90 Å². The van der Waals surface area contributed by atoms with Crippen LogP contribution >= 0.6 is 0 Å². The molecule has 1 heterocycles. The molecule has 0 bridgehead atoms. The van der Waals surface area contributed by atoms with Gasteiger partial charge in [-0.3, -0.25) is 0 Å². The fourth-order valence-corrected chi connectivity index (χ4v) is 1.98. The minimum absolute atomic E-state index is 0.435. The number of ether oxygens (including phenoxy) is 1. The maximum atomic E-state index is 9.89. The van der Waals surface area contributed by atoms with Crippen molar-refractivity contribution in [2.75, 3.05) is 33.4 Å². The number of methoxy groups -OCH3 is 1. The third-order valence-corrected chi connectivity index (χ3v) is 2.98. The van der Waals surface area contributed by atoms with Gasteiger partial charge in [0.05, 0.1) is 5.60 Å². The van der Waals surface area contributed by atoms with Gasteiger partial charge in [0.1, 0.15) is 0 Å². The topological polar surface area (TPSA) is 32.7 Å². The van der Waals surface area contributed by atoms with E-state index in [0.717, 1.165) is 51.9 Å². The van der Waals surface area contributed by atoms with Crippen LogP contribution in [-0.2, 0) is 4.74 Å². The molecule has 1 rings (SSSR count). The summed E-state index contributed by atoms with van der Waals surface area (Å²) < 4.78 is 5.03. The molecule has 1 atom stereocenters. The zero-order valence-electron chi connectivity index (χ0n) is 9.46. The van der Waals surface area contributed by atoms with Crippen molar-refractivity contribution >= 4 is 0 Å². The first kappa shape index (κ1) is 12.0. The smallest absolute Gasteiger partial charge is 0.0632 e. The Balaban J connectivity index is 2.21. The van der Waals surface area contributed by atoms with Crippen LogP contribution in [0.5, 0.6) is 0 Å². The highest BCUT2D eigenvalue weighted by molar-refractivity contribution is 4.78. The summed E-state index contributed by atoms with van der Waals surface area (Å²) in [6.07, 6.45) is 4.05. The number of rotatable bonds is 4. The van der Waals surface area contributed by atoms with Gasteiger partial charge < -0.3 is 14.7 Å². The van der Waals surface area contributed by atoms with Gasteiger partial charge in [0.25, 0.3) is 0 Å². The highest BCUT2D eigenvalue weighted by Crippen LogP contribution is 2.21. The van der Waals surface area contributed by atoms with Gasteiger partial charge in [0.2, 0.25) is 0 Å². The van der Waals surface area contributed by atoms with Crippen molar-refractivity contribution < 1.29 is 9.84 Å². The number of nitrogens with zero attached hydrogens (tertiary/aromatic N) is 1. The molecule has 0 aromatic rings. The fraction of sp³-hybridized carbons (Fsp3) is 1.00. The predicted molar refractivity (Wildman–Crippen MR) is 57.4 cm³/mol. The van der Waals surface area contributed by atoms with Crippen molar-refractivity contribution in [1.82, 2.24) is 4.90 Å². The first-order chi connectivity index (χ1) is 6.64. The standard InChI is InChI=1S/C11H23NO2/c1-11(13)5-3-7-12(9-6-11)8-4-10-14-2/h13H,3-10H2,1-2H3. The molecule has 0 spiro atoms. The zero-order valence-corrected chi connectivity index (χ0v) is 9.46. The van der Waals surface area contributed by atoms with E-state index in [9.17, 15) is 5.11 Å². The van der Waals surface area contributed by atoms with Crippen LogP contribution in [0.25, 0.3) is 0 Å². The fourth-order valence-electron chi connectivity index (χ4n) is 1.98. The monoisotopic (exact) mass is 201 g/mol. The summed E-state index contributed by atoms with van der Waals surface area (Å²) in [5.41, 5.74) is -0.435. The van der Waals surface area contributed by atoms with Crippen LogP contribution < -0.4 is 0 Å². The van der Waals surface area contributed by atoms with Crippen LogP contribution in [0.3, 0.4) is 0 Å². The number of aliphatic hydroxyl groups is 1. The SMILES string of the molecule is COCCCN1CCCC(C)(O)CC1. The van der Waals surface area contributed by atoms with E-state index < -0.39 is 5.60 Å². The molecule has 0 aromatic carbocycles. The Morgan fingerprint density at radius 2 is 2.14 bits per heavy atom. The van der Waals surface area contributed by atoms with Crippen LogP contribution in [0, 0.1) is 0 Å². The molecular formula is C11H23NO2. The van der Waals surface area contributed by atoms with Crippen LogP contribution in [0.1, 0.15) is 32.6 Å². The molecule has 1 fully saturated rings. The van der Waals surface area contributed by atoms with Crippen molar-refractivity contribution in [3.63, 3.8) is 0 Å². The summed E-state index contributed by atoms with van der Waals surface area (Å²) in [5, 5.41) is 9.89. The third-order valence-electron chi connectivity index (χ3n) is 2.98. The molecule has 3 nitrogen and oxygen atoms in total. The summed E-state index contributed by atoms with van der Waals surface area (Å²) in [4.78, 5) is 2.43. The normalized spacial score (nSPS) is 30.2. The lowest BCUT2D eigenvalue weighted by molar-refractivity contribution is 0.0444. The average Bonchev–Trinajstić information content (AvgIpc) is 2.28. The largest absolute Gasteiger partial charge is 0.390 e. The lowest BCUT2D eigenvalue weighted by Crippen LogP contribution is -2.29. The van der Waals surface area contributed by atoms with E-state index in [-0.39, 0.29) is 0 Å². The highest BCUT2D eigenvalue weighted by Gasteiger charge is 2.24. The first-order valence-electron chi connectivity index (χ1n) is 5.58. The molecule has 84 valence electrons. The molecule has 0 saturated carbocycles. The summed E-state index contributed by atoms with van der Waals surface area (Å²) in [6.45, 7) is 6.04. The van der Waals surface area contributed by atoms with Crippen LogP contribution in [0.4, 0.5) is 0 Å². The molecule has 0 aromatic heterocycles. The molecule has 1 aliphatic heterocycles. The van der Waals surface area contributed by atoms with Gasteiger partial charge in [-0.1, -0.05) is 0 Å². The first-order valence-corrected chi connectivity index (χ1v) is 5.58. The average molecular weight is 201 g/mol. The lowest BCUT2D eigenvalue weighted by atomic mass is 9.98. The van der Waals surface area contributed by atoms with Gasteiger partial charge in [0.15, 0.2) is 0 Å². The zero-order chi connectivity index (χ0) is 10.4. The van der Waals surface area contributed by atoms with Crippen molar-refractivity contribution in [2.45, 2.75) is 38.2 Å². The van der Waals surface area contributed by atoms with Gasteiger partial charge in [-0.25, -0.2) is 0 Å². The highest BCUT2D eigenvalue weighted by atomic mass is 16.5. The second kappa shape index (κ2) is 5.69. The molecule has 0 amide bonds. The number of likely N-dealkylation sites (tertiary alicyclic amines) is 1. The molecular weight excluding hydrogens is 178 g/mol. The minimum atomic E-state index is -0.435. The molecule has 1 unspecified atom stereocenters. The molecule has 14 heavy (non-hydrogen) atoms. The maximum Gasteiger partial charge on any atom is 0.0632 e. The third kappa shape index (κ3) is 4.40. The van der Waals surface area contributed by atoms with E-state index in [1.807, 2.05) is 6.92 Å². The van der Waals surface area contributed by atoms with Gasteiger partial charge in [-0.2, -0.15) is 0 Å². The number of hydrogen-bond donors (Lipinski definition) is 1. The minimum Gasteiger partial charge on any atom is -0.390 e. The molecule has 1 saturated heterocycles. The van der Waals surface area contributed by atoms with E-state index >= 15 is 0 Å². The Morgan fingerprint density at radius 1 is 1.36 bits per heavy atom. The summed E-state index contributed by atoms with van der Waals surface area (Å²) in [5.74, 6) is 0. The Morgan fingerprint density at radius 3 is 2.86 bits per heavy atom. The van der Waals surface area contributed by atoms with Crippen LogP contribution in [-0.4, -0.2) is 49.0 Å². The van der Waals surface area contributed by atoms with Crippen molar-refractivity contribution in [1.29, 1.82) is 0 Å². The van der Waals surface area contributed by atoms with Crippen LogP contribution in [0.2, 0.25) is 0 Å². The van der Waals surface area contributed by atoms with Gasteiger partial charge >= 0.3 is 0 Å². The Kier molecular flexibility index (Phi) is 4.85. The Hall–Kier alpha value is -0.120. The van der Waals surface area contributed by atoms with E-state index in [1.165, 1.54) is 0 Å². The number of hydrogen-bond acceptors (Lipinski definition) is 3. The summed E-state index contributed by atoms with van der Waals surface area (Å²) in [6, 6.07) is 0. The quantitative estimate of drug-likeness (QED) is 0.695. The Bertz CT molecular complexity index is 159. The summed E-state index contributed by atoms with van der Waals surface area (Å²) >= 11 is 0. The Labute approximate surface area is 87.1 Å². The second-order valence-electron chi connectivity index (χ2n) is 4.54. The van der Waals surface area contributed by atoms with Gasteiger partial charge in [-0.05, 0) is 39.2 Å². The van der Waals surface area contributed by atoms with Crippen molar-refractivity contribution in [3.8, 4) is 0 Å².